The Morgan fingerprint density at radius 1 is 1.24 bits per heavy atom. The highest BCUT2D eigenvalue weighted by molar-refractivity contribution is 7.13. The lowest BCUT2D eigenvalue weighted by Gasteiger charge is -2.02. The van der Waals surface area contributed by atoms with E-state index in [0.717, 1.165) is 10.5 Å². The maximum Gasteiger partial charge on any atom is 0.227 e. The molecule has 0 aliphatic carbocycles. The predicted molar refractivity (Wildman–Crippen MR) is 90.8 cm³/mol. The number of fused-ring (bicyclic) bond motifs is 1. The fourth-order valence-corrected chi connectivity index (χ4v) is 3.01. The molecule has 4 aromatic rings. The number of nitrogens with zero attached hydrogens (tertiary/aromatic N) is 5. The van der Waals surface area contributed by atoms with Crippen molar-refractivity contribution in [1.82, 2.24) is 30.1 Å². The predicted octanol–water partition coefficient (Wildman–Crippen LogP) is 2.09. The van der Waals surface area contributed by atoms with Crippen LogP contribution in [0.3, 0.4) is 0 Å². The van der Waals surface area contributed by atoms with Gasteiger partial charge in [-0.3, -0.25) is 9.20 Å². The molecule has 0 radical (unpaired) electrons. The average Bonchev–Trinajstić information content (AvgIpc) is 3.38. The summed E-state index contributed by atoms with van der Waals surface area (Å²) in [7, 11) is 0. The number of aromatic nitrogens is 5. The minimum absolute atomic E-state index is 0.108. The quantitative estimate of drug-likeness (QED) is 0.569. The molecule has 4 aromatic heterocycles. The molecule has 4 rings (SSSR count). The third-order valence-corrected chi connectivity index (χ3v) is 4.47. The van der Waals surface area contributed by atoms with Crippen molar-refractivity contribution in [2.24, 2.45) is 0 Å². The molecule has 0 aliphatic heterocycles. The second-order valence-electron chi connectivity index (χ2n) is 5.31. The summed E-state index contributed by atoms with van der Waals surface area (Å²) >= 11 is 1.54. The Bertz CT molecular complexity index is 991. The van der Waals surface area contributed by atoms with Crippen LogP contribution in [0.2, 0.25) is 0 Å². The van der Waals surface area contributed by atoms with Crippen LogP contribution >= 0.6 is 11.3 Å². The van der Waals surface area contributed by atoms with Gasteiger partial charge in [-0.2, -0.15) is 4.98 Å². The van der Waals surface area contributed by atoms with E-state index in [-0.39, 0.29) is 12.3 Å². The number of thiophene rings is 1. The lowest BCUT2D eigenvalue weighted by molar-refractivity contribution is -0.121. The molecule has 0 atom stereocenters. The molecular formula is C16H14N6O2S. The molecule has 0 saturated heterocycles. The SMILES string of the molecule is O=C(CCc1nc(-c2cccs2)no1)NCc1nnc2ccccn12. The molecule has 4 heterocycles. The number of aryl methyl sites for hydroxylation is 1. The molecule has 0 aromatic carbocycles. The molecule has 126 valence electrons. The number of hydrogen-bond donors (Lipinski definition) is 1. The van der Waals surface area contributed by atoms with Crippen molar-refractivity contribution in [3.8, 4) is 10.7 Å². The summed E-state index contributed by atoms with van der Waals surface area (Å²) in [6.45, 7) is 0.314. The standard InChI is InChI=1S/C16H14N6O2S/c23-14(17-10-13-20-19-12-5-1-2-8-22(12)13)6-7-15-18-16(21-24-15)11-4-3-9-25-11/h1-5,8-9H,6-7,10H2,(H,17,23). The fraction of sp³-hybridized carbons (Fsp3) is 0.188. The summed E-state index contributed by atoms with van der Waals surface area (Å²) < 4.78 is 7.02. The molecule has 1 N–H and O–H groups in total. The smallest absolute Gasteiger partial charge is 0.227 e. The van der Waals surface area contributed by atoms with E-state index in [1.54, 1.807) is 11.3 Å². The first-order valence-electron chi connectivity index (χ1n) is 7.71. The Morgan fingerprint density at radius 2 is 2.20 bits per heavy atom. The highest BCUT2D eigenvalue weighted by Gasteiger charge is 2.12. The van der Waals surface area contributed by atoms with Crippen molar-refractivity contribution < 1.29 is 9.32 Å². The zero-order valence-electron chi connectivity index (χ0n) is 13.1. The van der Waals surface area contributed by atoms with Crippen LogP contribution in [-0.2, 0) is 17.8 Å². The van der Waals surface area contributed by atoms with Crippen molar-refractivity contribution in [3.05, 3.63) is 53.6 Å². The van der Waals surface area contributed by atoms with Gasteiger partial charge < -0.3 is 9.84 Å². The minimum atomic E-state index is -0.108. The van der Waals surface area contributed by atoms with Gasteiger partial charge in [-0.25, -0.2) is 0 Å². The van der Waals surface area contributed by atoms with Gasteiger partial charge in [0.15, 0.2) is 11.5 Å². The molecule has 1 amide bonds. The second-order valence-corrected chi connectivity index (χ2v) is 6.26. The summed E-state index contributed by atoms with van der Waals surface area (Å²) in [5.74, 6) is 1.58. The van der Waals surface area contributed by atoms with Crippen molar-refractivity contribution in [2.75, 3.05) is 0 Å². The molecular weight excluding hydrogens is 340 g/mol. The fourth-order valence-electron chi connectivity index (χ4n) is 2.36. The van der Waals surface area contributed by atoms with Gasteiger partial charge in [0.2, 0.25) is 17.6 Å². The summed E-state index contributed by atoms with van der Waals surface area (Å²) in [6.07, 6.45) is 2.52. The Morgan fingerprint density at radius 3 is 3.08 bits per heavy atom. The first-order chi connectivity index (χ1) is 12.3. The van der Waals surface area contributed by atoms with Crippen LogP contribution < -0.4 is 5.32 Å². The maximum atomic E-state index is 12.0. The van der Waals surface area contributed by atoms with E-state index >= 15 is 0 Å². The van der Waals surface area contributed by atoms with E-state index in [1.807, 2.05) is 46.3 Å². The molecule has 25 heavy (non-hydrogen) atoms. The lowest BCUT2D eigenvalue weighted by Crippen LogP contribution is -2.24. The highest BCUT2D eigenvalue weighted by atomic mass is 32.1. The normalized spacial score (nSPS) is 11.0. The molecule has 0 aliphatic rings. The Hall–Kier alpha value is -3.07. The van der Waals surface area contributed by atoms with E-state index in [2.05, 4.69) is 25.7 Å². The van der Waals surface area contributed by atoms with Crippen LogP contribution in [-0.4, -0.2) is 30.6 Å². The van der Waals surface area contributed by atoms with Gasteiger partial charge in [0.1, 0.15) is 0 Å². The number of hydrogen-bond acceptors (Lipinski definition) is 7. The highest BCUT2D eigenvalue weighted by Crippen LogP contribution is 2.21. The van der Waals surface area contributed by atoms with Gasteiger partial charge in [0.05, 0.1) is 11.4 Å². The summed E-state index contributed by atoms with van der Waals surface area (Å²) in [5.41, 5.74) is 0.749. The van der Waals surface area contributed by atoms with Gasteiger partial charge in [-0.15, -0.1) is 21.5 Å². The largest absolute Gasteiger partial charge is 0.349 e. The van der Waals surface area contributed by atoms with Crippen LogP contribution in [0.15, 0.2) is 46.4 Å². The average molecular weight is 354 g/mol. The minimum Gasteiger partial charge on any atom is -0.349 e. The zero-order chi connectivity index (χ0) is 17.1. The second kappa shape index (κ2) is 6.81. The van der Waals surface area contributed by atoms with Gasteiger partial charge >= 0.3 is 0 Å². The zero-order valence-corrected chi connectivity index (χ0v) is 13.9. The monoisotopic (exact) mass is 354 g/mol. The summed E-state index contributed by atoms with van der Waals surface area (Å²) in [6, 6.07) is 9.50. The van der Waals surface area contributed by atoms with Crippen LogP contribution in [0.1, 0.15) is 18.1 Å². The molecule has 8 nitrogen and oxygen atoms in total. The van der Waals surface area contributed by atoms with E-state index in [1.165, 1.54) is 0 Å². The maximum absolute atomic E-state index is 12.0. The first-order valence-corrected chi connectivity index (χ1v) is 8.59. The lowest BCUT2D eigenvalue weighted by atomic mass is 10.3. The number of nitrogens with one attached hydrogen (secondary N) is 1. The van der Waals surface area contributed by atoms with Gasteiger partial charge in [0, 0.05) is 19.0 Å². The van der Waals surface area contributed by atoms with Crippen LogP contribution in [0.4, 0.5) is 0 Å². The number of rotatable bonds is 6. The molecule has 0 unspecified atom stereocenters. The number of carbonyl (C=O) groups is 1. The number of carbonyl (C=O) groups excluding carboxylic acids is 1. The van der Waals surface area contributed by atoms with Crippen molar-refractivity contribution in [1.29, 1.82) is 0 Å². The van der Waals surface area contributed by atoms with Gasteiger partial charge in [0.25, 0.3) is 0 Å². The molecule has 0 bridgehead atoms. The van der Waals surface area contributed by atoms with Crippen molar-refractivity contribution in [2.45, 2.75) is 19.4 Å². The first kappa shape index (κ1) is 15.5. The summed E-state index contributed by atoms with van der Waals surface area (Å²) in [5, 5.41) is 16.8. The van der Waals surface area contributed by atoms with Crippen LogP contribution in [0.25, 0.3) is 16.3 Å². The van der Waals surface area contributed by atoms with E-state index in [4.69, 9.17) is 4.52 Å². The molecule has 0 spiro atoms. The van der Waals surface area contributed by atoms with E-state index in [0.29, 0.717) is 30.5 Å². The Kier molecular flexibility index (Phi) is 4.21. The third-order valence-electron chi connectivity index (χ3n) is 3.60. The van der Waals surface area contributed by atoms with E-state index < -0.39 is 0 Å². The van der Waals surface area contributed by atoms with Crippen molar-refractivity contribution >= 4 is 22.9 Å². The molecule has 0 fully saturated rings. The number of amides is 1. The number of pyridine rings is 1. The van der Waals surface area contributed by atoms with Crippen LogP contribution in [0, 0.1) is 0 Å². The van der Waals surface area contributed by atoms with Gasteiger partial charge in [-0.1, -0.05) is 17.3 Å². The molecule has 0 saturated carbocycles. The van der Waals surface area contributed by atoms with Crippen LogP contribution in [0.5, 0.6) is 0 Å². The van der Waals surface area contributed by atoms with Gasteiger partial charge in [-0.05, 0) is 23.6 Å². The third kappa shape index (κ3) is 3.41. The van der Waals surface area contributed by atoms with E-state index in [9.17, 15) is 4.79 Å². The Labute approximate surface area is 146 Å². The summed E-state index contributed by atoms with van der Waals surface area (Å²) in [4.78, 5) is 17.3. The molecule has 9 heteroatoms. The Balaban J connectivity index is 1.31. The van der Waals surface area contributed by atoms with Crippen molar-refractivity contribution in [3.63, 3.8) is 0 Å². The topological polar surface area (TPSA) is 98.2 Å².